The van der Waals surface area contributed by atoms with Crippen LogP contribution in [0.15, 0.2) is 30.3 Å². The van der Waals surface area contributed by atoms with Crippen LogP contribution in [0.1, 0.15) is 5.56 Å². The van der Waals surface area contributed by atoms with Crippen LogP contribution in [0.5, 0.6) is 0 Å². The van der Waals surface area contributed by atoms with E-state index in [1.165, 1.54) is 5.56 Å². The molecule has 94 valence electrons. The number of nitrogen functional groups attached to an aromatic ring is 1. The number of benzene rings is 1. The first-order valence-corrected chi connectivity index (χ1v) is 5.73. The highest BCUT2D eigenvalue weighted by molar-refractivity contribution is 5.63. The molecule has 1 heterocycles. The topological polar surface area (TPSA) is 67.1 Å². The van der Waals surface area contributed by atoms with Gasteiger partial charge in [-0.05, 0) is 24.6 Å². The minimum atomic E-state index is 0.261. The zero-order valence-corrected chi connectivity index (χ0v) is 10.8. The van der Waals surface area contributed by atoms with Gasteiger partial charge < -0.3 is 16.0 Å². The van der Waals surface area contributed by atoms with Crippen LogP contribution in [0.3, 0.4) is 0 Å². The third kappa shape index (κ3) is 2.51. The first kappa shape index (κ1) is 12.2. The summed E-state index contributed by atoms with van der Waals surface area (Å²) in [6.45, 7) is 2.06. The number of nitrogens with one attached hydrogen (secondary N) is 1. The predicted molar refractivity (Wildman–Crippen MR) is 75.2 cm³/mol. The monoisotopic (exact) mass is 243 g/mol. The molecule has 3 N–H and O–H groups in total. The molecule has 5 heteroatoms. The Morgan fingerprint density at radius 1 is 1.22 bits per heavy atom. The zero-order chi connectivity index (χ0) is 13.1. The molecule has 18 heavy (non-hydrogen) atoms. The van der Waals surface area contributed by atoms with Crippen LogP contribution in [-0.2, 0) is 0 Å². The van der Waals surface area contributed by atoms with Crippen molar-refractivity contribution in [2.45, 2.75) is 6.92 Å². The van der Waals surface area contributed by atoms with E-state index in [9.17, 15) is 0 Å². The van der Waals surface area contributed by atoms with Crippen LogP contribution in [0.25, 0.3) is 0 Å². The van der Waals surface area contributed by atoms with Crippen molar-refractivity contribution in [2.24, 2.45) is 0 Å². The van der Waals surface area contributed by atoms with Gasteiger partial charge in [-0.3, -0.25) is 0 Å². The lowest BCUT2D eigenvalue weighted by molar-refractivity contribution is 1.09. The molecule has 0 radical (unpaired) electrons. The van der Waals surface area contributed by atoms with E-state index in [0.29, 0.717) is 5.82 Å². The van der Waals surface area contributed by atoms with Crippen LogP contribution in [-0.4, -0.2) is 24.1 Å². The molecule has 1 aromatic heterocycles. The Labute approximate surface area is 107 Å². The number of nitrogens with two attached hydrogens (primary N) is 1. The van der Waals surface area contributed by atoms with Gasteiger partial charge in [-0.1, -0.05) is 12.1 Å². The van der Waals surface area contributed by atoms with Crippen molar-refractivity contribution >= 4 is 23.3 Å². The SMILES string of the molecule is CNc1cc(N(C)c2cccc(C)c2)nc(N)n1. The van der Waals surface area contributed by atoms with Crippen LogP contribution >= 0.6 is 0 Å². The van der Waals surface area contributed by atoms with Crippen molar-refractivity contribution in [3.63, 3.8) is 0 Å². The average Bonchev–Trinajstić information content (AvgIpc) is 2.37. The van der Waals surface area contributed by atoms with Gasteiger partial charge in [-0.2, -0.15) is 9.97 Å². The van der Waals surface area contributed by atoms with Gasteiger partial charge in [-0.15, -0.1) is 0 Å². The number of anilines is 4. The van der Waals surface area contributed by atoms with Gasteiger partial charge in [-0.25, -0.2) is 0 Å². The maximum Gasteiger partial charge on any atom is 0.223 e. The summed E-state index contributed by atoms with van der Waals surface area (Å²) in [6.07, 6.45) is 0. The Balaban J connectivity index is 2.39. The first-order chi connectivity index (χ1) is 8.60. The molecule has 5 nitrogen and oxygen atoms in total. The number of hydrogen-bond donors (Lipinski definition) is 2. The Bertz CT molecular complexity index is 553. The molecule has 0 unspecified atom stereocenters. The van der Waals surface area contributed by atoms with Gasteiger partial charge in [0.05, 0.1) is 0 Å². The van der Waals surface area contributed by atoms with E-state index in [1.54, 1.807) is 7.05 Å². The van der Waals surface area contributed by atoms with E-state index in [-0.39, 0.29) is 5.95 Å². The molecule has 1 aromatic carbocycles. The fourth-order valence-corrected chi connectivity index (χ4v) is 1.72. The van der Waals surface area contributed by atoms with Crippen molar-refractivity contribution in [1.29, 1.82) is 0 Å². The summed E-state index contributed by atoms with van der Waals surface area (Å²) in [5, 5.41) is 2.97. The number of aryl methyl sites for hydroxylation is 1. The van der Waals surface area contributed by atoms with Crippen molar-refractivity contribution in [3.05, 3.63) is 35.9 Å². The Morgan fingerprint density at radius 3 is 2.67 bits per heavy atom. The summed E-state index contributed by atoms with van der Waals surface area (Å²) in [5.41, 5.74) is 7.96. The molecule has 0 atom stereocenters. The van der Waals surface area contributed by atoms with Crippen LogP contribution < -0.4 is 16.0 Å². The number of nitrogens with zero attached hydrogens (tertiary/aromatic N) is 3. The van der Waals surface area contributed by atoms with Crippen molar-refractivity contribution in [2.75, 3.05) is 30.0 Å². The average molecular weight is 243 g/mol. The highest BCUT2D eigenvalue weighted by Gasteiger charge is 2.08. The fraction of sp³-hybridized carbons (Fsp3) is 0.231. The molecule has 0 saturated heterocycles. The van der Waals surface area contributed by atoms with E-state index in [2.05, 4.69) is 34.3 Å². The van der Waals surface area contributed by atoms with Crippen molar-refractivity contribution in [3.8, 4) is 0 Å². The Hall–Kier alpha value is -2.30. The lowest BCUT2D eigenvalue weighted by Gasteiger charge is -2.19. The summed E-state index contributed by atoms with van der Waals surface area (Å²) in [6, 6.07) is 10.1. The zero-order valence-electron chi connectivity index (χ0n) is 10.8. The normalized spacial score (nSPS) is 10.2. The van der Waals surface area contributed by atoms with E-state index in [4.69, 9.17) is 5.73 Å². The molecule has 0 fully saturated rings. The van der Waals surface area contributed by atoms with Gasteiger partial charge in [0.25, 0.3) is 0 Å². The molecule has 0 spiro atoms. The van der Waals surface area contributed by atoms with Crippen molar-refractivity contribution in [1.82, 2.24) is 9.97 Å². The number of hydrogen-bond acceptors (Lipinski definition) is 5. The van der Waals surface area contributed by atoms with Gasteiger partial charge in [0.2, 0.25) is 5.95 Å². The second-order valence-electron chi connectivity index (χ2n) is 4.12. The second-order valence-corrected chi connectivity index (χ2v) is 4.12. The molecule has 0 aliphatic heterocycles. The Kier molecular flexibility index (Phi) is 3.32. The molecule has 2 rings (SSSR count). The summed E-state index contributed by atoms with van der Waals surface area (Å²) < 4.78 is 0. The summed E-state index contributed by atoms with van der Waals surface area (Å²) in [4.78, 5) is 10.3. The highest BCUT2D eigenvalue weighted by Crippen LogP contribution is 2.24. The van der Waals surface area contributed by atoms with Crippen LogP contribution in [0, 0.1) is 6.92 Å². The molecule has 2 aromatic rings. The minimum absolute atomic E-state index is 0.261. The summed E-state index contributed by atoms with van der Waals surface area (Å²) in [5.74, 6) is 1.73. The van der Waals surface area contributed by atoms with Crippen LogP contribution in [0.2, 0.25) is 0 Å². The number of rotatable bonds is 3. The third-order valence-electron chi connectivity index (χ3n) is 2.72. The van der Waals surface area contributed by atoms with Crippen molar-refractivity contribution < 1.29 is 0 Å². The fourth-order valence-electron chi connectivity index (χ4n) is 1.72. The molecule has 0 amide bonds. The lowest BCUT2D eigenvalue weighted by atomic mass is 10.2. The lowest BCUT2D eigenvalue weighted by Crippen LogP contribution is -2.13. The van der Waals surface area contributed by atoms with Crippen LogP contribution in [0.4, 0.5) is 23.3 Å². The largest absolute Gasteiger partial charge is 0.373 e. The van der Waals surface area contributed by atoms with E-state index < -0.39 is 0 Å². The third-order valence-corrected chi connectivity index (χ3v) is 2.72. The standard InChI is InChI=1S/C13H17N5/c1-9-5-4-6-10(7-9)18(3)12-8-11(15-2)16-13(14)17-12/h4-8H,1-3H3,(H3,14,15,16,17). The molecule has 0 saturated carbocycles. The maximum absolute atomic E-state index is 5.69. The smallest absolute Gasteiger partial charge is 0.223 e. The quantitative estimate of drug-likeness (QED) is 0.864. The van der Waals surface area contributed by atoms with Gasteiger partial charge in [0.1, 0.15) is 11.6 Å². The summed E-state index contributed by atoms with van der Waals surface area (Å²) >= 11 is 0. The maximum atomic E-state index is 5.69. The molecule has 0 aliphatic rings. The number of aromatic nitrogens is 2. The van der Waals surface area contributed by atoms with Gasteiger partial charge >= 0.3 is 0 Å². The highest BCUT2D eigenvalue weighted by atomic mass is 15.2. The van der Waals surface area contributed by atoms with E-state index >= 15 is 0 Å². The van der Waals surface area contributed by atoms with E-state index in [1.807, 2.05) is 30.1 Å². The molecular weight excluding hydrogens is 226 g/mol. The van der Waals surface area contributed by atoms with Gasteiger partial charge in [0.15, 0.2) is 0 Å². The van der Waals surface area contributed by atoms with Gasteiger partial charge in [0, 0.05) is 25.8 Å². The first-order valence-electron chi connectivity index (χ1n) is 5.73. The summed E-state index contributed by atoms with van der Waals surface area (Å²) in [7, 11) is 3.76. The van der Waals surface area contributed by atoms with E-state index in [0.717, 1.165) is 11.5 Å². The minimum Gasteiger partial charge on any atom is -0.373 e. The molecular formula is C13H17N5. The second kappa shape index (κ2) is 4.91. The molecule has 0 aliphatic carbocycles. The predicted octanol–water partition coefficient (Wildman–Crippen LogP) is 2.18. The Morgan fingerprint density at radius 2 is 2.00 bits per heavy atom. The molecule has 0 bridgehead atoms.